The molecule has 2 heterocycles. The summed E-state index contributed by atoms with van der Waals surface area (Å²) in [7, 11) is 1.35. The highest BCUT2D eigenvalue weighted by Gasteiger charge is 2.29. The summed E-state index contributed by atoms with van der Waals surface area (Å²) in [6.07, 6.45) is 4.76. The van der Waals surface area contributed by atoms with Gasteiger partial charge in [0.15, 0.2) is 0 Å². The number of hydrogen-bond acceptors (Lipinski definition) is 4. The van der Waals surface area contributed by atoms with E-state index in [1.54, 1.807) is 24.3 Å². The normalized spacial score (nSPS) is 22.1. The molecule has 2 fully saturated rings. The SMILES string of the molecule is COC(=O)c1cccc(C(=O)N2CCC[C@H](N3CCCC3)C2)c1. The second-order valence-electron chi connectivity index (χ2n) is 6.36. The van der Waals surface area contributed by atoms with Crippen molar-refractivity contribution in [3.05, 3.63) is 35.4 Å². The fourth-order valence-corrected chi connectivity index (χ4v) is 3.62. The summed E-state index contributed by atoms with van der Waals surface area (Å²) in [6.45, 7) is 3.90. The lowest BCUT2D eigenvalue weighted by Crippen LogP contribution is -2.49. The summed E-state index contributed by atoms with van der Waals surface area (Å²) in [6, 6.07) is 7.30. The zero-order chi connectivity index (χ0) is 16.2. The molecular weight excluding hydrogens is 292 g/mol. The van der Waals surface area contributed by atoms with E-state index in [1.165, 1.54) is 26.4 Å². The first kappa shape index (κ1) is 16.0. The molecule has 23 heavy (non-hydrogen) atoms. The number of hydrogen-bond donors (Lipinski definition) is 0. The number of methoxy groups -OCH3 is 1. The number of benzene rings is 1. The van der Waals surface area contributed by atoms with Crippen molar-refractivity contribution < 1.29 is 14.3 Å². The predicted molar refractivity (Wildman–Crippen MR) is 87.5 cm³/mol. The molecule has 0 spiro atoms. The first-order valence-electron chi connectivity index (χ1n) is 8.41. The van der Waals surface area contributed by atoms with Gasteiger partial charge in [-0.15, -0.1) is 0 Å². The molecule has 0 unspecified atom stereocenters. The number of carbonyl (C=O) groups excluding carboxylic acids is 2. The third-order valence-corrected chi connectivity index (χ3v) is 4.87. The number of esters is 1. The van der Waals surface area contributed by atoms with Crippen LogP contribution in [0.4, 0.5) is 0 Å². The van der Waals surface area contributed by atoms with Crippen molar-refractivity contribution in [3.8, 4) is 0 Å². The fourth-order valence-electron chi connectivity index (χ4n) is 3.62. The average molecular weight is 316 g/mol. The maximum absolute atomic E-state index is 12.8. The lowest BCUT2D eigenvalue weighted by Gasteiger charge is -2.37. The Morgan fingerprint density at radius 2 is 1.83 bits per heavy atom. The number of rotatable bonds is 3. The third kappa shape index (κ3) is 3.55. The van der Waals surface area contributed by atoms with Crippen LogP contribution in [-0.2, 0) is 4.74 Å². The lowest BCUT2D eigenvalue weighted by molar-refractivity contribution is 0.0600. The van der Waals surface area contributed by atoms with Gasteiger partial charge in [0.25, 0.3) is 5.91 Å². The molecular formula is C18H24N2O3. The van der Waals surface area contributed by atoms with E-state index < -0.39 is 5.97 Å². The third-order valence-electron chi connectivity index (χ3n) is 4.87. The summed E-state index contributed by atoms with van der Waals surface area (Å²) < 4.78 is 4.73. The largest absolute Gasteiger partial charge is 0.465 e. The molecule has 0 radical (unpaired) electrons. The molecule has 0 saturated carbocycles. The topological polar surface area (TPSA) is 49.9 Å². The Bertz CT molecular complexity index is 581. The molecule has 5 heteroatoms. The van der Waals surface area contributed by atoms with Crippen molar-refractivity contribution in [2.75, 3.05) is 33.3 Å². The van der Waals surface area contributed by atoms with E-state index in [9.17, 15) is 9.59 Å². The molecule has 1 aromatic rings. The van der Waals surface area contributed by atoms with Gasteiger partial charge in [-0.3, -0.25) is 9.69 Å². The van der Waals surface area contributed by atoms with Gasteiger partial charge in [-0.2, -0.15) is 0 Å². The zero-order valence-corrected chi connectivity index (χ0v) is 13.7. The number of nitrogens with zero attached hydrogens (tertiary/aromatic N) is 2. The van der Waals surface area contributed by atoms with Crippen molar-refractivity contribution in [2.24, 2.45) is 0 Å². The van der Waals surface area contributed by atoms with Crippen molar-refractivity contribution in [1.82, 2.24) is 9.80 Å². The highest BCUT2D eigenvalue weighted by Crippen LogP contribution is 2.22. The van der Waals surface area contributed by atoms with Crippen molar-refractivity contribution in [3.63, 3.8) is 0 Å². The average Bonchev–Trinajstić information content (AvgIpc) is 3.15. The maximum Gasteiger partial charge on any atom is 0.337 e. The number of piperidine rings is 1. The molecule has 2 aliphatic heterocycles. The van der Waals surface area contributed by atoms with Crippen LogP contribution < -0.4 is 0 Å². The van der Waals surface area contributed by atoms with Crippen LogP contribution in [0.25, 0.3) is 0 Å². The van der Waals surface area contributed by atoms with Crippen molar-refractivity contribution >= 4 is 11.9 Å². The van der Waals surface area contributed by atoms with Gasteiger partial charge >= 0.3 is 5.97 Å². The minimum absolute atomic E-state index is 0.0136. The lowest BCUT2D eigenvalue weighted by atomic mass is 10.0. The van der Waals surface area contributed by atoms with Crippen LogP contribution in [0.2, 0.25) is 0 Å². The van der Waals surface area contributed by atoms with Crippen LogP contribution in [0.5, 0.6) is 0 Å². The van der Waals surface area contributed by atoms with Gasteiger partial charge in [0.2, 0.25) is 0 Å². The van der Waals surface area contributed by atoms with Gasteiger partial charge in [-0.05, 0) is 57.0 Å². The Kier molecular flexibility index (Phi) is 4.96. The van der Waals surface area contributed by atoms with E-state index in [-0.39, 0.29) is 5.91 Å². The Morgan fingerprint density at radius 3 is 2.57 bits per heavy atom. The molecule has 1 aromatic carbocycles. The molecule has 0 aliphatic carbocycles. The van der Waals surface area contributed by atoms with E-state index in [0.29, 0.717) is 17.2 Å². The Balaban J connectivity index is 1.70. The fraction of sp³-hybridized carbons (Fsp3) is 0.556. The zero-order valence-electron chi connectivity index (χ0n) is 13.7. The highest BCUT2D eigenvalue weighted by atomic mass is 16.5. The smallest absolute Gasteiger partial charge is 0.337 e. The first-order chi connectivity index (χ1) is 11.2. The molecule has 1 amide bonds. The van der Waals surface area contributed by atoms with Crippen LogP contribution in [0.3, 0.4) is 0 Å². The van der Waals surface area contributed by atoms with Gasteiger partial charge in [0.05, 0.1) is 12.7 Å². The monoisotopic (exact) mass is 316 g/mol. The minimum atomic E-state index is -0.409. The second-order valence-corrected chi connectivity index (χ2v) is 6.36. The molecule has 1 atom stereocenters. The standard InChI is InChI=1S/C18H24N2O3/c1-23-18(22)15-7-4-6-14(12-15)17(21)20-11-5-8-16(13-20)19-9-2-3-10-19/h4,6-7,12,16H,2-3,5,8-11,13H2,1H3/t16-/m0/s1. The summed E-state index contributed by atoms with van der Waals surface area (Å²) in [4.78, 5) is 28.9. The number of ether oxygens (including phenoxy) is 1. The van der Waals surface area contributed by atoms with Gasteiger partial charge in [0.1, 0.15) is 0 Å². The molecule has 2 aliphatic rings. The van der Waals surface area contributed by atoms with E-state index in [0.717, 1.165) is 32.6 Å². The Hall–Kier alpha value is -1.88. The summed E-state index contributed by atoms with van der Waals surface area (Å²) >= 11 is 0. The Labute approximate surface area is 137 Å². The van der Waals surface area contributed by atoms with Crippen LogP contribution >= 0.6 is 0 Å². The van der Waals surface area contributed by atoms with E-state index in [1.807, 2.05) is 4.90 Å². The van der Waals surface area contributed by atoms with Crippen LogP contribution in [0, 0.1) is 0 Å². The molecule has 0 aromatic heterocycles. The van der Waals surface area contributed by atoms with Crippen LogP contribution in [0.15, 0.2) is 24.3 Å². The molecule has 5 nitrogen and oxygen atoms in total. The van der Waals surface area contributed by atoms with Crippen molar-refractivity contribution in [2.45, 2.75) is 31.7 Å². The van der Waals surface area contributed by atoms with Gasteiger partial charge in [0, 0.05) is 24.7 Å². The molecule has 124 valence electrons. The molecule has 3 rings (SSSR count). The van der Waals surface area contributed by atoms with E-state index in [4.69, 9.17) is 4.74 Å². The second kappa shape index (κ2) is 7.13. The summed E-state index contributed by atoms with van der Waals surface area (Å²) in [5, 5.41) is 0. The minimum Gasteiger partial charge on any atom is -0.465 e. The summed E-state index contributed by atoms with van der Waals surface area (Å²) in [5.74, 6) is -0.395. The Morgan fingerprint density at radius 1 is 1.09 bits per heavy atom. The quantitative estimate of drug-likeness (QED) is 0.802. The summed E-state index contributed by atoms with van der Waals surface area (Å²) in [5.41, 5.74) is 0.987. The van der Waals surface area contributed by atoms with Crippen LogP contribution in [-0.4, -0.2) is 61.0 Å². The van der Waals surface area contributed by atoms with Gasteiger partial charge < -0.3 is 9.64 Å². The number of likely N-dealkylation sites (tertiary alicyclic amines) is 2. The van der Waals surface area contributed by atoms with Crippen LogP contribution in [0.1, 0.15) is 46.4 Å². The van der Waals surface area contributed by atoms with Gasteiger partial charge in [-0.1, -0.05) is 6.07 Å². The molecule has 0 bridgehead atoms. The highest BCUT2D eigenvalue weighted by molar-refractivity contribution is 5.98. The van der Waals surface area contributed by atoms with E-state index in [2.05, 4.69) is 4.90 Å². The number of amides is 1. The predicted octanol–water partition coefficient (Wildman–Crippen LogP) is 2.17. The number of carbonyl (C=O) groups is 2. The first-order valence-corrected chi connectivity index (χ1v) is 8.41. The van der Waals surface area contributed by atoms with Gasteiger partial charge in [-0.25, -0.2) is 4.79 Å². The van der Waals surface area contributed by atoms with Crippen molar-refractivity contribution in [1.29, 1.82) is 0 Å². The maximum atomic E-state index is 12.8. The molecule has 0 N–H and O–H groups in total. The van der Waals surface area contributed by atoms with E-state index >= 15 is 0 Å². The molecule has 2 saturated heterocycles.